The van der Waals surface area contributed by atoms with E-state index in [0.717, 1.165) is 41.8 Å². The largest absolute Gasteiger partial charge is 0.478 e. The molecule has 106 valence electrons. The van der Waals surface area contributed by atoms with Crippen LogP contribution in [0.4, 0.5) is 0 Å². The number of carboxylic acids is 1. The van der Waals surface area contributed by atoms with Crippen molar-refractivity contribution in [3.8, 4) is 5.69 Å². The third-order valence-corrected chi connectivity index (χ3v) is 3.46. The van der Waals surface area contributed by atoms with Crippen LogP contribution in [0.2, 0.25) is 0 Å². The summed E-state index contributed by atoms with van der Waals surface area (Å²) in [6.07, 6.45) is 4.16. The Morgan fingerprint density at radius 3 is 2.75 bits per heavy atom. The number of hydrogen-bond acceptors (Lipinski definition) is 2. The van der Waals surface area contributed by atoms with E-state index in [1.807, 2.05) is 32.0 Å². The summed E-state index contributed by atoms with van der Waals surface area (Å²) in [5.74, 6) is -0.910. The second-order valence-electron chi connectivity index (χ2n) is 5.12. The van der Waals surface area contributed by atoms with Gasteiger partial charge in [-0.3, -0.25) is 0 Å². The summed E-state index contributed by atoms with van der Waals surface area (Å²) < 4.78 is 1.78. The molecular formula is C16H20N2O2. The Kier molecular flexibility index (Phi) is 4.23. The number of nitrogens with zero attached hydrogens (tertiary/aromatic N) is 2. The highest BCUT2D eigenvalue weighted by Gasteiger charge is 2.18. The van der Waals surface area contributed by atoms with Crippen LogP contribution in [0.15, 0.2) is 24.4 Å². The maximum Gasteiger partial charge on any atom is 0.339 e. The fourth-order valence-corrected chi connectivity index (χ4v) is 2.29. The number of aromatic nitrogens is 2. The summed E-state index contributed by atoms with van der Waals surface area (Å²) in [5, 5.41) is 13.6. The zero-order valence-electron chi connectivity index (χ0n) is 12.2. The van der Waals surface area contributed by atoms with Gasteiger partial charge >= 0.3 is 5.97 Å². The van der Waals surface area contributed by atoms with Gasteiger partial charge in [-0.25, -0.2) is 9.48 Å². The number of aryl methyl sites for hydroxylation is 2. The second kappa shape index (κ2) is 5.90. The first-order valence-electron chi connectivity index (χ1n) is 6.92. The quantitative estimate of drug-likeness (QED) is 0.905. The Morgan fingerprint density at radius 2 is 2.10 bits per heavy atom. The number of carboxylic acid groups (broad SMARTS) is 1. The lowest BCUT2D eigenvalue weighted by molar-refractivity contribution is 0.0695. The van der Waals surface area contributed by atoms with Gasteiger partial charge in [0.2, 0.25) is 0 Å². The molecule has 1 heterocycles. The van der Waals surface area contributed by atoms with Gasteiger partial charge in [0, 0.05) is 0 Å². The van der Waals surface area contributed by atoms with Gasteiger partial charge in [0.1, 0.15) is 5.56 Å². The number of hydrogen-bond donors (Lipinski definition) is 1. The van der Waals surface area contributed by atoms with E-state index in [2.05, 4.69) is 12.0 Å². The lowest BCUT2D eigenvalue weighted by atomic mass is 10.1. The minimum Gasteiger partial charge on any atom is -0.478 e. The fourth-order valence-electron chi connectivity index (χ4n) is 2.29. The van der Waals surface area contributed by atoms with Crippen molar-refractivity contribution < 1.29 is 9.90 Å². The molecule has 0 fully saturated rings. The normalized spacial score (nSPS) is 10.8. The summed E-state index contributed by atoms with van der Waals surface area (Å²) in [6.45, 7) is 6.13. The third-order valence-electron chi connectivity index (χ3n) is 3.46. The van der Waals surface area contributed by atoms with E-state index >= 15 is 0 Å². The number of rotatable bonds is 5. The lowest BCUT2D eigenvalue weighted by Crippen LogP contribution is -2.08. The van der Waals surface area contributed by atoms with Crippen molar-refractivity contribution in [2.75, 3.05) is 0 Å². The van der Waals surface area contributed by atoms with Gasteiger partial charge in [-0.1, -0.05) is 25.5 Å². The fraction of sp³-hybridized carbons (Fsp3) is 0.375. The number of benzene rings is 1. The molecule has 0 saturated heterocycles. The van der Waals surface area contributed by atoms with Crippen LogP contribution in [0.3, 0.4) is 0 Å². The summed E-state index contributed by atoms with van der Waals surface area (Å²) in [5.41, 5.74) is 4.28. The molecule has 20 heavy (non-hydrogen) atoms. The van der Waals surface area contributed by atoms with Crippen LogP contribution in [-0.2, 0) is 6.42 Å². The highest BCUT2D eigenvalue weighted by Crippen LogP contribution is 2.21. The van der Waals surface area contributed by atoms with E-state index in [9.17, 15) is 9.90 Å². The van der Waals surface area contributed by atoms with E-state index in [-0.39, 0.29) is 0 Å². The average Bonchev–Trinajstić information content (AvgIpc) is 2.83. The Bertz CT molecular complexity index is 629. The molecule has 1 N–H and O–H groups in total. The number of unbranched alkanes of at least 4 members (excludes halogenated alkanes) is 1. The molecule has 1 aromatic heterocycles. The molecule has 0 radical (unpaired) electrons. The van der Waals surface area contributed by atoms with E-state index in [0.29, 0.717) is 5.56 Å². The van der Waals surface area contributed by atoms with Gasteiger partial charge in [0.25, 0.3) is 0 Å². The second-order valence-corrected chi connectivity index (χ2v) is 5.12. The molecule has 0 aliphatic heterocycles. The lowest BCUT2D eigenvalue weighted by Gasteiger charge is -2.11. The first-order chi connectivity index (χ1) is 9.54. The van der Waals surface area contributed by atoms with Crippen LogP contribution in [0.25, 0.3) is 5.69 Å². The monoisotopic (exact) mass is 272 g/mol. The smallest absolute Gasteiger partial charge is 0.339 e. The summed E-state index contributed by atoms with van der Waals surface area (Å²) in [7, 11) is 0. The van der Waals surface area contributed by atoms with Crippen molar-refractivity contribution in [3.05, 3.63) is 46.8 Å². The van der Waals surface area contributed by atoms with Crippen LogP contribution in [0.5, 0.6) is 0 Å². The van der Waals surface area contributed by atoms with Gasteiger partial charge < -0.3 is 5.11 Å². The standard InChI is InChI=1S/C16H20N2O2/c1-4-5-6-14-13(16(19)20)10-17-18(14)15-9-11(2)7-8-12(15)3/h7-10H,4-6H2,1-3H3,(H,19,20). The molecule has 0 spiro atoms. The zero-order valence-corrected chi connectivity index (χ0v) is 12.2. The summed E-state index contributed by atoms with van der Waals surface area (Å²) >= 11 is 0. The molecule has 0 amide bonds. The highest BCUT2D eigenvalue weighted by atomic mass is 16.4. The number of carbonyl (C=O) groups is 1. The molecular weight excluding hydrogens is 252 g/mol. The van der Waals surface area contributed by atoms with Crippen molar-refractivity contribution in [2.24, 2.45) is 0 Å². The minimum absolute atomic E-state index is 0.305. The van der Waals surface area contributed by atoms with E-state index < -0.39 is 5.97 Å². The summed E-state index contributed by atoms with van der Waals surface area (Å²) in [6, 6.07) is 6.13. The highest BCUT2D eigenvalue weighted by molar-refractivity contribution is 5.88. The first kappa shape index (κ1) is 14.3. The van der Waals surface area contributed by atoms with Crippen LogP contribution in [0, 0.1) is 13.8 Å². The Labute approximate surface area is 119 Å². The Balaban J connectivity index is 2.55. The molecule has 0 atom stereocenters. The molecule has 0 bridgehead atoms. The van der Waals surface area contributed by atoms with Crippen molar-refractivity contribution in [3.63, 3.8) is 0 Å². The van der Waals surface area contributed by atoms with Crippen molar-refractivity contribution >= 4 is 5.97 Å². The first-order valence-corrected chi connectivity index (χ1v) is 6.92. The van der Waals surface area contributed by atoms with Gasteiger partial charge in [-0.15, -0.1) is 0 Å². The van der Waals surface area contributed by atoms with Gasteiger partial charge in [-0.05, 0) is 43.9 Å². The van der Waals surface area contributed by atoms with Crippen molar-refractivity contribution in [2.45, 2.75) is 40.0 Å². The van der Waals surface area contributed by atoms with E-state index in [4.69, 9.17) is 0 Å². The molecule has 4 nitrogen and oxygen atoms in total. The van der Waals surface area contributed by atoms with Gasteiger partial charge in [0.15, 0.2) is 0 Å². The zero-order chi connectivity index (χ0) is 14.7. The molecule has 0 saturated carbocycles. The molecule has 0 aliphatic carbocycles. The topological polar surface area (TPSA) is 55.1 Å². The maximum absolute atomic E-state index is 11.3. The van der Waals surface area contributed by atoms with Gasteiger partial charge in [0.05, 0.1) is 17.6 Å². The van der Waals surface area contributed by atoms with Crippen molar-refractivity contribution in [1.29, 1.82) is 0 Å². The molecule has 2 aromatic rings. The van der Waals surface area contributed by atoms with Crippen LogP contribution in [0.1, 0.15) is 46.9 Å². The predicted molar refractivity (Wildman–Crippen MR) is 78.6 cm³/mol. The van der Waals surface area contributed by atoms with Crippen molar-refractivity contribution in [1.82, 2.24) is 9.78 Å². The van der Waals surface area contributed by atoms with Crippen LogP contribution < -0.4 is 0 Å². The Hall–Kier alpha value is -2.10. The predicted octanol–water partition coefficient (Wildman–Crippen LogP) is 3.53. The SMILES string of the molecule is CCCCc1c(C(=O)O)cnn1-c1cc(C)ccc1C. The van der Waals surface area contributed by atoms with Crippen LogP contribution in [-0.4, -0.2) is 20.9 Å². The average molecular weight is 272 g/mol. The maximum atomic E-state index is 11.3. The molecule has 0 unspecified atom stereocenters. The molecule has 4 heteroatoms. The Morgan fingerprint density at radius 1 is 1.35 bits per heavy atom. The third kappa shape index (κ3) is 2.74. The van der Waals surface area contributed by atoms with E-state index in [1.165, 1.54) is 6.20 Å². The summed E-state index contributed by atoms with van der Waals surface area (Å²) in [4.78, 5) is 11.3. The van der Waals surface area contributed by atoms with Gasteiger partial charge in [-0.2, -0.15) is 5.10 Å². The molecule has 0 aliphatic rings. The molecule has 1 aromatic carbocycles. The number of aromatic carboxylic acids is 1. The van der Waals surface area contributed by atoms with E-state index in [1.54, 1.807) is 4.68 Å². The molecule has 2 rings (SSSR count). The minimum atomic E-state index is -0.910. The van der Waals surface area contributed by atoms with Crippen LogP contribution >= 0.6 is 0 Å².